The Kier molecular flexibility index (Phi) is 4.26. The van der Waals surface area contributed by atoms with Crippen molar-refractivity contribution in [1.29, 1.82) is 0 Å². The first kappa shape index (κ1) is 14.4. The van der Waals surface area contributed by atoms with Crippen molar-refractivity contribution in [2.75, 3.05) is 6.54 Å². The molecule has 1 aromatic heterocycles. The van der Waals surface area contributed by atoms with Gasteiger partial charge in [0.1, 0.15) is 0 Å². The highest BCUT2D eigenvalue weighted by Gasteiger charge is 2.36. The predicted octanol–water partition coefficient (Wildman–Crippen LogP) is 1.21. The molecule has 0 spiro atoms. The van der Waals surface area contributed by atoms with Gasteiger partial charge >= 0.3 is 12.0 Å². The standard InChI is InChI=1S/C13H20N4O3/c1-2-13(4-3-5-13)16-12(20)14-6-7-17-8-10(11(18)19)15-9-17/h8-9H,2-7H2,1H3,(H,18,19)(H2,14,16,20). The van der Waals surface area contributed by atoms with Gasteiger partial charge in [0, 0.05) is 24.8 Å². The van der Waals surface area contributed by atoms with Crippen LogP contribution in [0.25, 0.3) is 0 Å². The fourth-order valence-corrected chi connectivity index (χ4v) is 2.35. The number of imidazole rings is 1. The molecule has 0 aromatic carbocycles. The van der Waals surface area contributed by atoms with Crippen molar-refractivity contribution in [3.05, 3.63) is 18.2 Å². The van der Waals surface area contributed by atoms with Crippen molar-refractivity contribution in [1.82, 2.24) is 20.2 Å². The van der Waals surface area contributed by atoms with Gasteiger partial charge in [-0.1, -0.05) is 6.92 Å². The number of hydrogen-bond acceptors (Lipinski definition) is 3. The van der Waals surface area contributed by atoms with Crippen LogP contribution in [-0.4, -0.2) is 38.7 Å². The van der Waals surface area contributed by atoms with E-state index in [1.165, 1.54) is 18.9 Å². The van der Waals surface area contributed by atoms with Crippen molar-refractivity contribution in [3.63, 3.8) is 0 Å². The number of rotatable bonds is 6. The molecule has 1 aromatic rings. The summed E-state index contributed by atoms with van der Waals surface area (Å²) < 4.78 is 1.64. The number of hydrogen-bond donors (Lipinski definition) is 3. The summed E-state index contributed by atoms with van der Waals surface area (Å²) in [7, 11) is 0. The molecule has 1 heterocycles. The van der Waals surface area contributed by atoms with E-state index in [4.69, 9.17) is 5.11 Å². The molecular formula is C13H20N4O3. The van der Waals surface area contributed by atoms with E-state index >= 15 is 0 Å². The Balaban J connectivity index is 1.72. The molecule has 0 saturated heterocycles. The zero-order valence-electron chi connectivity index (χ0n) is 11.6. The lowest BCUT2D eigenvalue weighted by molar-refractivity contribution is 0.0691. The average molecular weight is 280 g/mol. The molecule has 7 heteroatoms. The highest BCUT2D eigenvalue weighted by molar-refractivity contribution is 5.84. The Morgan fingerprint density at radius 3 is 2.75 bits per heavy atom. The topological polar surface area (TPSA) is 96.3 Å². The van der Waals surface area contributed by atoms with Crippen molar-refractivity contribution >= 4 is 12.0 Å². The van der Waals surface area contributed by atoms with Crippen molar-refractivity contribution in [3.8, 4) is 0 Å². The number of nitrogens with one attached hydrogen (secondary N) is 2. The van der Waals surface area contributed by atoms with E-state index in [1.54, 1.807) is 4.57 Å². The second-order valence-electron chi connectivity index (χ2n) is 5.17. The number of carbonyl (C=O) groups is 2. The third-order valence-corrected chi connectivity index (χ3v) is 3.87. The number of carbonyl (C=O) groups excluding carboxylic acids is 1. The summed E-state index contributed by atoms with van der Waals surface area (Å²) >= 11 is 0. The highest BCUT2D eigenvalue weighted by atomic mass is 16.4. The van der Waals surface area contributed by atoms with E-state index in [0.717, 1.165) is 19.3 Å². The van der Waals surface area contributed by atoms with Gasteiger partial charge < -0.3 is 20.3 Å². The van der Waals surface area contributed by atoms with Gasteiger partial charge in [-0.25, -0.2) is 14.6 Å². The van der Waals surface area contributed by atoms with Gasteiger partial charge in [0.2, 0.25) is 0 Å². The number of aromatic carboxylic acids is 1. The van der Waals surface area contributed by atoms with Gasteiger partial charge in [0.05, 0.1) is 6.33 Å². The Morgan fingerprint density at radius 1 is 1.50 bits per heavy atom. The largest absolute Gasteiger partial charge is 0.476 e. The van der Waals surface area contributed by atoms with Crippen molar-refractivity contribution in [2.24, 2.45) is 0 Å². The lowest BCUT2D eigenvalue weighted by atomic mass is 9.75. The molecular weight excluding hydrogens is 260 g/mol. The molecule has 0 aliphatic heterocycles. The first-order valence-electron chi connectivity index (χ1n) is 6.86. The molecule has 1 saturated carbocycles. The maximum atomic E-state index is 11.8. The number of nitrogens with zero attached hydrogens (tertiary/aromatic N) is 2. The monoisotopic (exact) mass is 280 g/mol. The summed E-state index contributed by atoms with van der Waals surface area (Å²) in [6.07, 6.45) is 7.09. The molecule has 1 aliphatic carbocycles. The number of urea groups is 1. The fourth-order valence-electron chi connectivity index (χ4n) is 2.35. The third-order valence-electron chi connectivity index (χ3n) is 3.87. The Hall–Kier alpha value is -2.05. The van der Waals surface area contributed by atoms with Gasteiger partial charge in [-0.15, -0.1) is 0 Å². The summed E-state index contributed by atoms with van der Waals surface area (Å²) in [5.41, 5.74) is -0.0101. The van der Waals surface area contributed by atoms with Gasteiger partial charge in [-0.05, 0) is 25.7 Å². The average Bonchev–Trinajstić information content (AvgIpc) is 2.83. The van der Waals surface area contributed by atoms with Gasteiger partial charge in [0.25, 0.3) is 0 Å². The zero-order valence-corrected chi connectivity index (χ0v) is 11.6. The molecule has 2 rings (SSSR count). The first-order valence-corrected chi connectivity index (χ1v) is 6.86. The quantitative estimate of drug-likeness (QED) is 0.729. The van der Waals surface area contributed by atoms with Crippen LogP contribution in [-0.2, 0) is 6.54 Å². The third kappa shape index (κ3) is 3.28. The summed E-state index contributed by atoms with van der Waals surface area (Å²) in [6, 6.07) is -0.162. The highest BCUT2D eigenvalue weighted by Crippen LogP contribution is 2.34. The van der Waals surface area contributed by atoms with Crippen LogP contribution in [0.4, 0.5) is 4.79 Å². The molecule has 7 nitrogen and oxygen atoms in total. The SMILES string of the molecule is CCC1(NC(=O)NCCn2cnc(C(=O)O)c2)CCC1. The van der Waals surface area contributed by atoms with Crippen LogP contribution in [0, 0.1) is 0 Å². The Bertz CT molecular complexity index is 488. The molecule has 110 valence electrons. The van der Waals surface area contributed by atoms with E-state index in [9.17, 15) is 9.59 Å². The van der Waals surface area contributed by atoms with Crippen LogP contribution >= 0.6 is 0 Å². The molecule has 3 N–H and O–H groups in total. The minimum atomic E-state index is -1.05. The van der Waals surface area contributed by atoms with Gasteiger partial charge in [-0.2, -0.15) is 0 Å². The molecule has 20 heavy (non-hydrogen) atoms. The minimum Gasteiger partial charge on any atom is -0.476 e. The first-order chi connectivity index (χ1) is 9.54. The predicted molar refractivity (Wildman–Crippen MR) is 72.6 cm³/mol. The van der Waals surface area contributed by atoms with Gasteiger partial charge in [-0.3, -0.25) is 0 Å². The normalized spacial score (nSPS) is 16.2. The van der Waals surface area contributed by atoms with E-state index in [2.05, 4.69) is 22.5 Å². The molecule has 0 bridgehead atoms. The van der Waals surface area contributed by atoms with Crippen LogP contribution in [0.5, 0.6) is 0 Å². The summed E-state index contributed by atoms with van der Waals surface area (Å²) in [5.74, 6) is -1.05. The minimum absolute atomic E-state index is 0.00820. The summed E-state index contributed by atoms with van der Waals surface area (Å²) in [4.78, 5) is 26.2. The van der Waals surface area contributed by atoms with E-state index in [1.807, 2.05) is 0 Å². The summed E-state index contributed by atoms with van der Waals surface area (Å²) in [6.45, 7) is 3.01. The lowest BCUT2D eigenvalue weighted by Crippen LogP contribution is -2.56. The number of carboxylic acid groups (broad SMARTS) is 1. The van der Waals surface area contributed by atoms with Crippen molar-refractivity contribution < 1.29 is 14.7 Å². The van der Waals surface area contributed by atoms with Crippen LogP contribution in [0.15, 0.2) is 12.5 Å². The van der Waals surface area contributed by atoms with Crippen LogP contribution < -0.4 is 10.6 Å². The molecule has 0 radical (unpaired) electrons. The zero-order chi connectivity index (χ0) is 14.6. The van der Waals surface area contributed by atoms with Crippen LogP contribution in [0.1, 0.15) is 43.1 Å². The lowest BCUT2D eigenvalue weighted by Gasteiger charge is -2.41. The summed E-state index contributed by atoms with van der Waals surface area (Å²) in [5, 5.41) is 14.5. The van der Waals surface area contributed by atoms with E-state index in [0.29, 0.717) is 13.1 Å². The van der Waals surface area contributed by atoms with Crippen molar-refractivity contribution in [2.45, 2.75) is 44.7 Å². The molecule has 0 unspecified atom stereocenters. The maximum absolute atomic E-state index is 11.8. The second kappa shape index (κ2) is 5.94. The maximum Gasteiger partial charge on any atom is 0.356 e. The van der Waals surface area contributed by atoms with Crippen LogP contribution in [0.2, 0.25) is 0 Å². The second-order valence-corrected chi connectivity index (χ2v) is 5.17. The van der Waals surface area contributed by atoms with E-state index in [-0.39, 0.29) is 17.3 Å². The Labute approximate surface area is 117 Å². The smallest absolute Gasteiger partial charge is 0.356 e. The molecule has 1 fully saturated rings. The molecule has 2 amide bonds. The number of aromatic nitrogens is 2. The number of carboxylic acids is 1. The van der Waals surface area contributed by atoms with Gasteiger partial charge in [0.15, 0.2) is 5.69 Å². The Morgan fingerprint density at radius 2 is 2.25 bits per heavy atom. The molecule has 1 aliphatic rings. The van der Waals surface area contributed by atoms with E-state index < -0.39 is 5.97 Å². The molecule has 0 atom stereocenters. The van der Waals surface area contributed by atoms with Crippen LogP contribution in [0.3, 0.4) is 0 Å². The fraction of sp³-hybridized carbons (Fsp3) is 0.615. The number of amides is 2.